The zero-order chi connectivity index (χ0) is 4.28. The van der Waals surface area contributed by atoms with Gasteiger partial charge in [-0.1, -0.05) is 22.6 Å². The summed E-state index contributed by atoms with van der Waals surface area (Å²) in [5.41, 5.74) is 0. The van der Waals surface area contributed by atoms with Crippen molar-refractivity contribution in [1.82, 2.24) is 0 Å². The fourth-order valence-electron chi connectivity index (χ4n) is 0. The van der Waals surface area contributed by atoms with Crippen LogP contribution in [0.2, 0.25) is 0 Å². The molecule has 1 atom stereocenters. The van der Waals surface area contributed by atoms with Crippen LogP contribution < -0.4 is 0 Å². The Balaban J connectivity index is 2.83. The van der Waals surface area contributed by atoms with Crippen LogP contribution in [0.1, 0.15) is 6.92 Å². The summed E-state index contributed by atoms with van der Waals surface area (Å²) in [7, 11) is 0. The molecule has 0 amide bonds. The Labute approximate surface area is 45.4 Å². The highest BCUT2D eigenvalue weighted by Crippen LogP contribution is 1.89. The van der Waals surface area contributed by atoms with Gasteiger partial charge in [0.15, 0.2) is 0 Å². The molecule has 1 nitrogen and oxygen atoms in total. The summed E-state index contributed by atoms with van der Waals surface area (Å²) in [5, 5.41) is 6.52. The minimum Gasteiger partial charge on any atom is -0.312 e. The van der Waals surface area contributed by atoms with Gasteiger partial charge in [-0.05, 0) is 6.92 Å². The number of halogens is 1. The maximum absolute atomic E-state index is 6.52. The average Bonchev–Trinajstić information content (AvgIpc) is 1.38. The van der Waals surface area contributed by atoms with Crippen LogP contribution in [0.3, 0.4) is 0 Å². The molecule has 0 aliphatic heterocycles. The van der Waals surface area contributed by atoms with Crippen LogP contribution in [0.25, 0.3) is 0 Å². The van der Waals surface area contributed by atoms with Gasteiger partial charge >= 0.3 is 0 Å². The average molecular weight is 183 g/mol. The molecular weight excluding hydrogens is 177 g/mol. The van der Waals surface area contributed by atoms with Crippen LogP contribution in [-0.4, -0.2) is 10.1 Å². The maximum Gasteiger partial charge on any atom is 0.0427 e. The van der Waals surface area contributed by atoms with E-state index in [1.807, 2.05) is 6.92 Å². The first kappa shape index (κ1) is 5.40. The van der Waals surface area contributed by atoms with Gasteiger partial charge in [-0.15, -0.1) is 0 Å². The third kappa shape index (κ3) is 4.40. The molecule has 0 bridgehead atoms. The summed E-state index contributed by atoms with van der Waals surface area (Å²) in [4.78, 5) is 0. The van der Waals surface area contributed by atoms with Crippen molar-refractivity contribution in [3.8, 4) is 0 Å². The summed E-state index contributed by atoms with van der Waals surface area (Å²) in [6, 6.07) is 0. The molecule has 0 aliphatic carbocycles. The number of hydrogen-bond donors (Lipinski definition) is 1. The van der Waals surface area contributed by atoms with E-state index in [0.717, 1.165) is 0 Å². The van der Waals surface area contributed by atoms with Gasteiger partial charge in [-0.3, -0.25) is 0 Å². The molecule has 0 saturated carbocycles. The lowest BCUT2D eigenvalue weighted by Gasteiger charge is -1.79. The van der Waals surface area contributed by atoms with Crippen molar-refractivity contribution in [2.24, 2.45) is 0 Å². The molecule has 0 aromatic heterocycles. The van der Waals surface area contributed by atoms with Gasteiger partial charge in [0.1, 0.15) is 0 Å². The van der Waals surface area contributed by atoms with Gasteiger partial charge in [0, 0.05) is 10.1 Å². The predicted octanol–water partition coefficient (Wildman–Crippen LogP) is 1.46. The lowest BCUT2D eigenvalue weighted by Crippen LogP contribution is -1.84. The summed E-state index contributed by atoms with van der Waals surface area (Å²) in [5.74, 6) is 0. The molecule has 1 N–H and O–H groups in total. The monoisotopic (exact) mass is 183 g/mol. The third-order valence-corrected chi connectivity index (χ3v) is 0.589. The Kier molecular flexibility index (Phi) is 2.84. The van der Waals surface area contributed by atoms with Crippen molar-refractivity contribution in [3.63, 3.8) is 0 Å². The van der Waals surface area contributed by atoms with E-state index in [2.05, 4.69) is 22.6 Å². The number of hydrogen-bond acceptors (Lipinski definition) is 1. The van der Waals surface area contributed by atoms with Crippen molar-refractivity contribution in [1.29, 1.82) is 5.41 Å². The van der Waals surface area contributed by atoms with E-state index in [-0.39, 0.29) is 0 Å². The standard InChI is InChI=1S/C3H6IN/c1-3(4)2-5/h2-3,5H,1H3. The highest BCUT2D eigenvalue weighted by atomic mass is 127. The zero-order valence-corrected chi connectivity index (χ0v) is 5.19. The van der Waals surface area contributed by atoms with Gasteiger partial charge < -0.3 is 5.41 Å². The Morgan fingerprint density at radius 1 is 2.00 bits per heavy atom. The van der Waals surface area contributed by atoms with Crippen LogP contribution in [-0.2, 0) is 0 Å². The lowest BCUT2D eigenvalue weighted by atomic mass is 10.6. The van der Waals surface area contributed by atoms with E-state index in [1.165, 1.54) is 6.21 Å². The van der Waals surface area contributed by atoms with E-state index in [1.54, 1.807) is 0 Å². The topological polar surface area (TPSA) is 23.9 Å². The van der Waals surface area contributed by atoms with E-state index in [9.17, 15) is 0 Å². The first-order valence-electron chi connectivity index (χ1n) is 1.42. The van der Waals surface area contributed by atoms with Crippen molar-refractivity contribution in [2.45, 2.75) is 10.8 Å². The fraction of sp³-hybridized carbons (Fsp3) is 0.667. The lowest BCUT2D eigenvalue weighted by molar-refractivity contribution is 1.36. The number of alkyl halides is 1. The van der Waals surface area contributed by atoms with Crippen LogP contribution in [0.5, 0.6) is 0 Å². The molecule has 0 aliphatic rings. The van der Waals surface area contributed by atoms with E-state index >= 15 is 0 Å². The van der Waals surface area contributed by atoms with Crippen LogP contribution >= 0.6 is 22.6 Å². The minimum absolute atomic E-state index is 0.396. The fourth-order valence-corrected chi connectivity index (χ4v) is 0. The Morgan fingerprint density at radius 2 is 2.20 bits per heavy atom. The molecular formula is C3H6IN. The summed E-state index contributed by atoms with van der Waals surface area (Å²) in [6.07, 6.45) is 1.40. The van der Waals surface area contributed by atoms with Gasteiger partial charge in [0.25, 0.3) is 0 Å². The molecule has 1 unspecified atom stereocenters. The van der Waals surface area contributed by atoms with Crippen molar-refractivity contribution >= 4 is 28.8 Å². The highest BCUT2D eigenvalue weighted by molar-refractivity contribution is 14.1. The molecule has 30 valence electrons. The third-order valence-electron chi connectivity index (χ3n) is 0.230. The number of rotatable bonds is 1. The largest absolute Gasteiger partial charge is 0.312 e. The smallest absolute Gasteiger partial charge is 0.0427 e. The molecule has 5 heavy (non-hydrogen) atoms. The van der Waals surface area contributed by atoms with Crippen molar-refractivity contribution in [3.05, 3.63) is 0 Å². The molecule has 0 heterocycles. The second-order valence-corrected chi connectivity index (χ2v) is 2.81. The van der Waals surface area contributed by atoms with Crippen LogP contribution in [0.4, 0.5) is 0 Å². The summed E-state index contributed by atoms with van der Waals surface area (Å²) < 4.78 is 0.396. The first-order chi connectivity index (χ1) is 2.27. The Hall–Kier alpha value is 0.400. The van der Waals surface area contributed by atoms with Crippen molar-refractivity contribution < 1.29 is 0 Å². The van der Waals surface area contributed by atoms with Gasteiger partial charge in [0.2, 0.25) is 0 Å². The maximum atomic E-state index is 6.52. The van der Waals surface area contributed by atoms with Gasteiger partial charge in [0.05, 0.1) is 0 Å². The molecule has 0 aromatic carbocycles. The zero-order valence-electron chi connectivity index (χ0n) is 3.03. The summed E-state index contributed by atoms with van der Waals surface area (Å²) in [6.45, 7) is 1.97. The Bertz CT molecular complexity index is 33.9. The van der Waals surface area contributed by atoms with Crippen molar-refractivity contribution in [2.75, 3.05) is 0 Å². The first-order valence-corrected chi connectivity index (χ1v) is 2.66. The summed E-state index contributed by atoms with van der Waals surface area (Å²) >= 11 is 2.16. The number of nitrogens with one attached hydrogen (secondary N) is 1. The Morgan fingerprint density at radius 3 is 2.20 bits per heavy atom. The molecule has 0 rings (SSSR count). The molecule has 2 heteroatoms. The van der Waals surface area contributed by atoms with Crippen LogP contribution in [0.15, 0.2) is 0 Å². The van der Waals surface area contributed by atoms with Crippen LogP contribution in [0, 0.1) is 5.41 Å². The normalized spacial score (nSPS) is 14.0. The minimum atomic E-state index is 0.396. The van der Waals surface area contributed by atoms with E-state index < -0.39 is 0 Å². The second-order valence-electron chi connectivity index (χ2n) is 0.844. The molecule has 0 aromatic rings. The molecule has 0 radical (unpaired) electrons. The van der Waals surface area contributed by atoms with E-state index in [0.29, 0.717) is 3.92 Å². The quantitative estimate of drug-likeness (QED) is 0.361. The molecule has 0 saturated heterocycles. The SMILES string of the molecule is CC(I)C=N. The molecule has 0 fully saturated rings. The van der Waals surface area contributed by atoms with Gasteiger partial charge in [-0.2, -0.15) is 0 Å². The molecule has 0 spiro atoms. The second kappa shape index (κ2) is 2.63. The van der Waals surface area contributed by atoms with Gasteiger partial charge in [-0.25, -0.2) is 0 Å². The van der Waals surface area contributed by atoms with E-state index in [4.69, 9.17) is 5.41 Å². The predicted molar refractivity (Wildman–Crippen MR) is 32.3 cm³/mol. The highest BCUT2D eigenvalue weighted by Gasteiger charge is 1.78.